The van der Waals surface area contributed by atoms with Gasteiger partial charge in [-0.2, -0.15) is 0 Å². The molecule has 1 saturated heterocycles. The fraction of sp³-hybridized carbons (Fsp3) is 0.263. The van der Waals surface area contributed by atoms with Gasteiger partial charge in [0, 0.05) is 24.7 Å². The Labute approximate surface area is 155 Å². The van der Waals surface area contributed by atoms with Crippen LogP contribution in [-0.4, -0.2) is 30.4 Å². The third kappa shape index (κ3) is 3.89. The van der Waals surface area contributed by atoms with Crippen LogP contribution in [0.4, 0.5) is 17.1 Å². The molecule has 0 unspecified atom stereocenters. The molecular formula is C19H19N3O5. The summed E-state index contributed by atoms with van der Waals surface area (Å²) in [6.45, 7) is 2.11. The van der Waals surface area contributed by atoms with Crippen molar-refractivity contribution in [3.8, 4) is 5.75 Å². The maximum atomic E-state index is 12.5. The predicted molar refractivity (Wildman–Crippen MR) is 99.9 cm³/mol. The first-order valence-corrected chi connectivity index (χ1v) is 8.39. The molecule has 8 nitrogen and oxygen atoms in total. The molecule has 140 valence electrons. The molecule has 27 heavy (non-hydrogen) atoms. The molecule has 2 aromatic carbocycles. The molecule has 1 aliphatic heterocycles. The second-order valence-electron chi connectivity index (χ2n) is 6.38. The molecule has 3 rings (SSSR count). The van der Waals surface area contributed by atoms with Crippen molar-refractivity contribution in [1.82, 2.24) is 0 Å². The molecule has 2 aromatic rings. The molecule has 0 spiro atoms. The van der Waals surface area contributed by atoms with Crippen LogP contribution in [0.2, 0.25) is 0 Å². The quantitative estimate of drug-likeness (QED) is 0.645. The fourth-order valence-electron chi connectivity index (χ4n) is 3.09. The maximum absolute atomic E-state index is 12.5. The SMILES string of the molecule is COc1cc([N+](=O)[O-])ccc1N1C[C@@H](C(=O)Nc2cccc(C)c2)CC1=O. The molecule has 0 aliphatic carbocycles. The fourth-order valence-corrected chi connectivity index (χ4v) is 3.09. The Morgan fingerprint density at radius 2 is 2.07 bits per heavy atom. The number of nitrogens with zero attached hydrogens (tertiary/aromatic N) is 2. The highest BCUT2D eigenvalue weighted by Gasteiger charge is 2.36. The van der Waals surface area contributed by atoms with E-state index in [-0.39, 0.29) is 36.2 Å². The lowest BCUT2D eigenvalue weighted by Gasteiger charge is -2.19. The van der Waals surface area contributed by atoms with E-state index < -0.39 is 10.8 Å². The lowest BCUT2D eigenvalue weighted by molar-refractivity contribution is -0.384. The van der Waals surface area contributed by atoms with Crippen LogP contribution in [0.15, 0.2) is 42.5 Å². The first kappa shape index (κ1) is 18.4. The Kier molecular flexibility index (Phi) is 5.07. The van der Waals surface area contributed by atoms with Crippen LogP contribution in [0, 0.1) is 23.0 Å². The lowest BCUT2D eigenvalue weighted by atomic mass is 10.1. The zero-order valence-corrected chi connectivity index (χ0v) is 15.0. The molecule has 0 radical (unpaired) electrons. The van der Waals surface area contributed by atoms with Gasteiger partial charge in [0.05, 0.1) is 29.7 Å². The molecule has 2 amide bonds. The van der Waals surface area contributed by atoms with E-state index in [9.17, 15) is 19.7 Å². The van der Waals surface area contributed by atoms with Crippen LogP contribution in [0.3, 0.4) is 0 Å². The van der Waals surface area contributed by atoms with Crippen molar-refractivity contribution in [2.45, 2.75) is 13.3 Å². The van der Waals surface area contributed by atoms with Crippen molar-refractivity contribution >= 4 is 28.9 Å². The number of nitro benzene ring substituents is 1. The number of rotatable bonds is 5. The van der Waals surface area contributed by atoms with E-state index in [0.717, 1.165) is 5.56 Å². The smallest absolute Gasteiger partial charge is 0.273 e. The molecular weight excluding hydrogens is 350 g/mol. The van der Waals surface area contributed by atoms with Crippen molar-refractivity contribution in [2.75, 3.05) is 23.9 Å². The van der Waals surface area contributed by atoms with Crippen molar-refractivity contribution in [2.24, 2.45) is 5.92 Å². The van der Waals surface area contributed by atoms with Gasteiger partial charge in [-0.1, -0.05) is 12.1 Å². The number of nitrogens with one attached hydrogen (secondary N) is 1. The normalized spacial score (nSPS) is 16.3. The van der Waals surface area contributed by atoms with Gasteiger partial charge < -0.3 is 15.0 Å². The summed E-state index contributed by atoms with van der Waals surface area (Å²) in [6.07, 6.45) is 0.0673. The summed E-state index contributed by atoms with van der Waals surface area (Å²) in [4.78, 5) is 36.8. The third-order valence-corrected chi connectivity index (χ3v) is 4.45. The highest BCUT2D eigenvalue weighted by molar-refractivity contribution is 6.04. The Bertz CT molecular complexity index is 912. The van der Waals surface area contributed by atoms with E-state index in [1.54, 1.807) is 6.07 Å². The number of amides is 2. The van der Waals surface area contributed by atoms with E-state index in [2.05, 4.69) is 5.32 Å². The summed E-state index contributed by atoms with van der Waals surface area (Å²) in [7, 11) is 1.38. The number of carbonyl (C=O) groups is 2. The minimum atomic E-state index is -0.532. The van der Waals surface area contributed by atoms with E-state index in [1.165, 1.54) is 30.2 Å². The number of nitro groups is 1. The number of methoxy groups -OCH3 is 1. The number of non-ortho nitro benzene ring substituents is 1. The third-order valence-electron chi connectivity index (χ3n) is 4.45. The van der Waals surface area contributed by atoms with Gasteiger partial charge in [-0.15, -0.1) is 0 Å². The molecule has 1 fully saturated rings. The van der Waals surface area contributed by atoms with Crippen LogP contribution in [0.5, 0.6) is 5.75 Å². The number of aryl methyl sites for hydroxylation is 1. The Balaban J connectivity index is 1.77. The van der Waals surface area contributed by atoms with Crippen LogP contribution >= 0.6 is 0 Å². The van der Waals surface area contributed by atoms with Crippen molar-refractivity contribution in [3.63, 3.8) is 0 Å². The number of hydrogen-bond donors (Lipinski definition) is 1. The average molecular weight is 369 g/mol. The van der Waals surface area contributed by atoms with Gasteiger partial charge >= 0.3 is 0 Å². The van der Waals surface area contributed by atoms with Gasteiger partial charge in [0.1, 0.15) is 5.75 Å². The summed E-state index contributed by atoms with van der Waals surface area (Å²) < 4.78 is 5.20. The maximum Gasteiger partial charge on any atom is 0.273 e. The second kappa shape index (κ2) is 7.45. The van der Waals surface area contributed by atoms with Gasteiger partial charge in [-0.25, -0.2) is 0 Å². The van der Waals surface area contributed by atoms with E-state index in [1.807, 2.05) is 25.1 Å². The molecule has 0 bridgehead atoms. The topological polar surface area (TPSA) is 102 Å². The van der Waals surface area contributed by atoms with Crippen molar-refractivity contribution < 1.29 is 19.2 Å². The second-order valence-corrected chi connectivity index (χ2v) is 6.38. The molecule has 0 saturated carbocycles. The zero-order chi connectivity index (χ0) is 19.6. The van der Waals surface area contributed by atoms with Crippen LogP contribution in [0.1, 0.15) is 12.0 Å². The minimum absolute atomic E-state index is 0.0673. The number of anilines is 2. The average Bonchev–Trinajstić information content (AvgIpc) is 3.02. The van der Waals surface area contributed by atoms with Crippen molar-refractivity contribution in [1.29, 1.82) is 0 Å². The van der Waals surface area contributed by atoms with Gasteiger partial charge in [-0.05, 0) is 30.7 Å². The summed E-state index contributed by atoms with van der Waals surface area (Å²) in [6, 6.07) is 11.5. The van der Waals surface area contributed by atoms with E-state index >= 15 is 0 Å². The van der Waals surface area contributed by atoms with Gasteiger partial charge in [0.25, 0.3) is 5.69 Å². The number of hydrogen-bond acceptors (Lipinski definition) is 5. The van der Waals surface area contributed by atoms with Crippen molar-refractivity contribution in [3.05, 3.63) is 58.1 Å². The van der Waals surface area contributed by atoms with Gasteiger partial charge in [0.2, 0.25) is 11.8 Å². The first-order valence-electron chi connectivity index (χ1n) is 8.39. The predicted octanol–water partition coefficient (Wildman–Crippen LogP) is 2.90. The van der Waals surface area contributed by atoms with Gasteiger partial charge in [0.15, 0.2) is 0 Å². The number of benzene rings is 2. The molecule has 1 atom stereocenters. The monoisotopic (exact) mass is 369 g/mol. The summed E-state index contributed by atoms with van der Waals surface area (Å²) in [5, 5.41) is 13.8. The lowest BCUT2D eigenvalue weighted by Crippen LogP contribution is -2.28. The highest BCUT2D eigenvalue weighted by atomic mass is 16.6. The molecule has 8 heteroatoms. The summed E-state index contributed by atoms with van der Waals surface area (Å²) >= 11 is 0. The highest BCUT2D eigenvalue weighted by Crippen LogP contribution is 2.36. The van der Waals surface area contributed by atoms with Gasteiger partial charge in [-0.3, -0.25) is 19.7 Å². The van der Waals surface area contributed by atoms with Crippen LogP contribution in [0.25, 0.3) is 0 Å². The molecule has 1 heterocycles. The largest absolute Gasteiger partial charge is 0.494 e. The Hall–Kier alpha value is -3.42. The first-order chi connectivity index (χ1) is 12.9. The van der Waals surface area contributed by atoms with E-state index in [4.69, 9.17) is 4.74 Å². The summed E-state index contributed by atoms with van der Waals surface area (Å²) in [5.74, 6) is -0.765. The van der Waals surface area contributed by atoms with Crippen LogP contribution in [-0.2, 0) is 9.59 Å². The molecule has 1 aliphatic rings. The van der Waals surface area contributed by atoms with E-state index in [0.29, 0.717) is 11.4 Å². The number of carbonyl (C=O) groups excluding carboxylic acids is 2. The molecule has 0 aromatic heterocycles. The Morgan fingerprint density at radius 3 is 2.74 bits per heavy atom. The standard InChI is InChI=1S/C19H19N3O5/c1-12-4-3-5-14(8-12)20-19(24)13-9-18(23)21(11-13)16-7-6-15(22(25)26)10-17(16)27-2/h3-8,10,13H,9,11H2,1-2H3,(H,20,24)/t13-/m0/s1. The number of ether oxygens (including phenoxy) is 1. The Morgan fingerprint density at radius 1 is 1.30 bits per heavy atom. The zero-order valence-electron chi connectivity index (χ0n) is 15.0. The minimum Gasteiger partial charge on any atom is -0.494 e. The van der Waals surface area contributed by atoms with Crippen LogP contribution < -0.4 is 15.0 Å². The summed E-state index contributed by atoms with van der Waals surface area (Å²) in [5.41, 5.74) is 1.99. The molecule has 1 N–H and O–H groups in total.